The van der Waals surface area contributed by atoms with Gasteiger partial charge < -0.3 is 9.88 Å². The Labute approximate surface area is 170 Å². The number of carbonyl (C=O) groups is 1. The summed E-state index contributed by atoms with van der Waals surface area (Å²) in [7, 11) is -2.36. The van der Waals surface area contributed by atoms with Crippen LogP contribution in [0.2, 0.25) is 0 Å². The summed E-state index contributed by atoms with van der Waals surface area (Å²) in [6, 6.07) is 1.79. The van der Waals surface area contributed by atoms with Gasteiger partial charge in [0.15, 0.2) is 0 Å². The topological polar surface area (TPSA) is 62.3 Å². The molecule has 2 amide bonds. The fraction of sp³-hybridized carbons (Fsp3) is 0.579. The number of hydrogen-bond donors (Lipinski definition) is 1. The van der Waals surface area contributed by atoms with Gasteiger partial charge in [0.1, 0.15) is 12.1 Å². The Bertz CT molecular complexity index is 823. The molecular formula is C19H30N3O2PS2. The van der Waals surface area contributed by atoms with Crippen molar-refractivity contribution >= 4 is 46.2 Å². The highest BCUT2D eigenvalue weighted by molar-refractivity contribution is 7.70. The molecule has 0 aromatic carbocycles. The lowest BCUT2D eigenvalue weighted by atomic mass is 10.1. The maximum Gasteiger partial charge on any atom is 0.323 e. The molecule has 0 spiro atoms. The highest BCUT2D eigenvalue weighted by Gasteiger charge is 2.24. The van der Waals surface area contributed by atoms with Crippen LogP contribution in [-0.4, -0.2) is 30.4 Å². The van der Waals surface area contributed by atoms with Crippen molar-refractivity contribution in [1.82, 2.24) is 10.3 Å². The minimum Gasteiger partial charge on any atom is -0.335 e. The maximum absolute atomic E-state index is 13.0. The first-order valence-electron chi connectivity index (χ1n) is 9.15. The van der Waals surface area contributed by atoms with E-state index < -0.39 is 7.14 Å². The zero-order chi connectivity index (χ0) is 20.4. The quantitative estimate of drug-likeness (QED) is 0.607. The molecule has 2 rings (SSSR count). The molecule has 0 saturated heterocycles. The minimum atomic E-state index is -2.36. The highest BCUT2D eigenvalue weighted by atomic mass is 32.1. The van der Waals surface area contributed by atoms with Gasteiger partial charge in [-0.1, -0.05) is 27.7 Å². The van der Waals surface area contributed by atoms with E-state index in [0.29, 0.717) is 18.4 Å². The van der Waals surface area contributed by atoms with E-state index in [1.165, 1.54) is 11.3 Å². The average molecular weight is 428 g/mol. The van der Waals surface area contributed by atoms with Gasteiger partial charge in [-0.15, -0.1) is 22.7 Å². The Hall–Kier alpha value is -1.17. The molecule has 150 valence electrons. The van der Waals surface area contributed by atoms with Gasteiger partial charge in [-0.2, -0.15) is 0 Å². The Balaban J connectivity index is 2.31. The van der Waals surface area contributed by atoms with Gasteiger partial charge in [0.2, 0.25) is 0 Å². The van der Waals surface area contributed by atoms with Crippen LogP contribution in [0.1, 0.15) is 51.2 Å². The number of rotatable bonds is 7. The fourth-order valence-electron chi connectivity index (χ4n) is 2.25. The fourth-order valence-corrected chi connectivity index (χ4v) is 5.55. The number of hydrogen-bond acceptors (Lipinski definition) is 5. The Morgan fingerprint density at radius 2 is 1.85 bits per heavy atom. The van der Waals surface area contributed by atoms with Gasteiger partial charge in [-0.3, -0.25) is 4.90 Å². The zero-order valence-electron chi connectivity index (χ0n) is 17.1. The smallest absolute Gasteiger partial charge is 0.323 e. The van der Waals surface area contributed by atoms with Crippen molar-refractivity contribution in [3.63, 3.8) is 0 Å². The standard InChI is InChI=1S/C19H30N3O2PS2/c1-12(2)14(5)20-19(23)22(9-15-10-27-18(21-15)13(3)4)17-8-16(11-26-17)25(6,7)24/h8,10-14H,9H2,1-7H3,(H,20,23)/t14-/m1/s1. The van der Waals surface area contributed by atoms with Crippen LogP contribution in [0.3, 0.4) is 0 Å². The summed E-state index contributed by atoms with van der Waals surface area (Å²) < 4.78 is 12.4. The first-order chi connectivity index (χ1) is 12.5. The van der Waals surface area contributed by atoms with Crippen LogP contribution in [0.15, 0.2) is 16.8 Å². The Morgan fingerprint density at radius 1 is 1.19 bits per heavy atom. The molecular weight excluding hydrogens is 397 g/mol. The highest BCUT2D eigenvalue weighted by Crippen LogP contribution is 2.38. The molecule has 0 aliphatic heterocycles. The van der Waals surface area contributed by atoms with E-state index in [1.807, 2.05) is 23.8 Å². The molecule has 5 nitrogen and oxygen atoms in total. The first-order valence-corrected chi connectivity index (χ1v) is 13.5. The van der Waals surface area contributed by atoms with Crippen molar-refractivity contribution in [3.05, 3.63) is 27.5 Å². The SMILES string of the molecule is CC(C)c1nc(CN(C(=O)N[C@H](C)C(C)C)c2cc(P(C)(C)=O)cs2)cs1. The molecule has 27 heavy (non-hydrogen) atoms. The van der Waals surface area contributed by atoms with Crippen LogP contribution < -0.4 is 15.5 Å². The second kappa shape index (κ2) is 8.89. The molecule has 0 aliphatic rings. The van der Waals surface area contributed by atoms with Gasteiger partial charge >= 0.3 is 6.03 Å². The van der Waals surface area contributed by atoms with Crippen LogP contribution in [0.25, 0.3) is 0 Å². The number of aromatic nitrogens is 1. The summed E-state index contributed by atoms with van der Waals surface area (Å²) >= 11 is 3.07. The van der Waals surface area contributed by atoms with E-state index in [-0.39, 0.29) is 12.1 Å². The number of carbonyl (C=O) groups excluding carboxylic acids is 1. The van der Waals surface area contributed by atoms with Crippen molar-refractivity contribution < 1.29 is 9.36 Å². The molecule has 2 aromatic heterocycles. The Morgan fingerprint density at radius 3 is 2.33 bits per heavy atom. The lowest BCUT2D eigenvalue weighted by molar-refractivity contribution is 0.239. The number of thiazole rings is 1. The van der Waals surface area contributed by atoms with Crippen LogP contribution in [0.5, 0.6) is 0 Å². The monoisotopic (exact) mass is 427 g/mol. The lowest BCUT2D eigenvalue weighted by Gasteiger charge is -2.25. The molecule has 2 aromatic rings. The van der Waals surface area contributed by atoms with Crippen LogP contribution in [0.4, 0.5) is 9.80 Å². The third kappa shape index (κ3) is 5.90. The second-order valence-corrected chi connectivity index (χ2v) is 12.9. The van der Waals surface area contributed by atoms with Gasteiger partial charge in [0.05, 0.1) is 17.2 Å². The summed E-state index contributed by atoms with van der Waals surface area (Å²) in [4.78, 5) is 19.4. The molecule has 0 bridgehead atoms. The third-order valence-electron chi connectivity index (χ3n) is 4.44. The number of nitrogens with one attached hydrogen (secondary N) is 1. The predicted octanol–water partition coefficient (Wildman–Crippen LogP) is 5.34. The number of urea groups is 1. The van der Waals surface area contributed by atoms with Crippen molar-refractivity contribution in [3.8, 4) is 0 Å². The first kappa shape index (κ1) is 22.1. The van der Waals surface area contributed by atoms with Crippen molar-refractivity contribution in [2.45, 2.75) is 53.1 Å². The van der Waals surface area contributed by atoms with Crippen LogP contribution in [-0.2, 0) is 11.1 Å². The zero-order valence-corrected chi connectivity index (χ0v) is 19.7. The molecule has 0 aliphatic carbocycles. The average Bonchev–Trinajstić information content (AvgIpc) is 3.21. The summed E-state index contributed by atoms with van der Waals surface area (Å²) in [5.74, 6) is 0.708. The third-order valence-corrected chi connectivity index (χ3v) is 8.26. The molecule has 1 atom stereocenters. The van der Waals surface area contributed by atoms with Crippen LogP contribution in [0, 0.1) is 5.92 Å². The van der Waals surface area contributed by atoms with Crippen molar-refractivity contribution in [2.24, 2.45) is 5.92 Å². The van der Waals surface area contributed by atoms with Crippen molar-refractivity contribution in [2.75, 3.05) is 18.2 Å². The molecule has 0 fully saturated rings. The number of thiophene rings is 1. The predicted molar refractivity (Wildman–Crippen MR) is 119 cm³/mol. The summed E-state index contributed by atoms with van der Waals surface area (Å²) in [6.07, 6.45) is 0. The minimum absolute atomic E-state index is 0.0598. The molecule has 0 unspecified atom stereocenters. The van der Waals surface area contributed by atoms with Crippen molar-refractivity contribution in [1.29, 1.82) is 0 Å². The summed E-state index contributed by atoms with van der Waals surface area (Å²) in [5, 5.41) is 9.65. The second-order valence-electron chi connectivity index (χ2n) is 7.89. The Kier molecular flexibility index (Phi) is 7.28. The molecule has 0 saturated carbocycles. The number of anilines is 1. The molecule has 1 N–H and O–H groups in total. The van der Waals surface area contributed by atoms with Crippen LogP contribution >= 0.6 is 29.8 Å². The number of amides is 2. The maximum atomic E-state index is 13.0. The van der Waals surface area contributed by atoms with Gasteiger partial charge in [-0.25, -0.2) is 9.78 Å². The normalized spacial score (nSPS) is 13.2. The molecule has 0 radical (unpaired) electrons. The van der Waals surface area contributed by atoms with Gasteiger partial charge in [0.25, 0.3) is 0 Å². The van der Waals surface area contributed by atoms with E-state index in [9.17, 15) is 9.36 Å². The lowest BCUT2D eigenvalue weighted by Crippen LogP contribution is -2.45. The van der Waals surface area contributed by atoms with Gasteiger partial charge in [-0.05, 0) is 32.2 Å². The van der Waals surface area contributed by atoms with Gasteiger partial charge in [0, 0.05) is 28.0 Å². The molecule has 2 heterocycles. The van der Waals surface area contributed by atoms with E-state index in [1.54, 1.807) is 29.6 Å². The molecule has 8 heteroatoms. The van der Waals surface area contributed by atoms with E-state index in [4.69, 9.17) is 0 Å². The van der Waals surface area contributed by atoms with E-state index in [2.05, 4.69) is 38.0 Å². The van der Waals surface area contributed by atoms with E-state index in [0.717, 1.165) is 21.0 Å². The van der Waals surface area contributed by atoms with E-state index >= 15 is 0 Å². The largest absolute Gasteiger partial charge is 0.335 e. The summed E-state index contributed by atoms with van der Waals surface area (Å²) in [6.45, 7) is 14.3. The summed E-state index contributed by atoms with van der Waals surface area (Å²) in [5.41, 5.74) is 0.877. The number of nitrogens with zero attached hydrogens (tertiary/aromatic N) is 2.